The van der Waals surface area contributed by atoms with Crippen LogP contribution in [0.1, 0.15) is 5.56 Å². The number of anilines is 1. The van der Waals surface area contributed by atoms with Crippen LogP contribution in [-0.2, 0) is 9.47 Å². The highest BCUT2D eigenvalue weighted by Gasteiger charge is 2.05. The Morgan fingerprint density at radius 2 is 2.12 bits per heavy atom. The van der Waals surface area contributed by atoms with Crippen LogP contribution >= 0.6 is 11.6 Å². The van der Waals surface area contributed by atoms with Gasteiger partial charge in [-0.1, -0.05) is 11.6 Å². The Hall–Kier alpha value is -1.28. The van der Waals surface area contributed by atoms with E-state index < -0.39 is 0 Å². The molecule has 0 spiro atoms. The second-order valence-corrected chi connectivity index (χ2v) is 3.50. The number of nitriles is 1. The van der Waals surface area contributed by atoms with Crippen molar-refractivity contribution in [1.82, 2.24) is 0 Å². The van der Waals surface area contributed by atoms with Crippen LogP contribution in [0.4, 0.5) is 5.69 Å². The molecule has 0 aliphatic carbocycles. The summed E-state index contributed by atoms with van der Waals surface area (Å²) in [5.41, 5.74) is 1.25. The average Bonchev–Trinajstić information content (AvgIpc) is 2.32. The Bertz CT molecular complexity index is 386. The largest absolute Gasteiger partial charge is 0.380 e. The number of nitrogens with one attached hydrogen (secondary N) is 1. The van der Waals surface area contributed by atoms with Gasteiger partial charge >= 0.3 is 0 Å². The maximum Gasteiger partial charge on any atom is 0.173 e. The monoisotopic (exact) mass is 240 g/mol. The van der Waals surface area contributed by atoms with Crippen LogP contribution < -0.4 is 5.32 Å². The van der Waals surface area contributed by atoms with Gasteiger partial charge in [-0.2, -0.15) is 5.26 Å². The van der Waals surface area contributed by atoms with Gasteiger partial charge in [0.25, 0.3) is 0 Å². The van der Waals surface area contributed by atoms with Gasteiger partial charge in [-0.15, -0.1) is 0 Å². The third-order valence-corrected chi connectivity index (χ3v) is 2.42. The Morgan fingerprint density at radius 3 is 2.69 bits per heavy atom. The molecule has 16 heavy (non-hydrogen) atoms. The molecule has 0 aliphatic rings. The highest BCUT2D eigenvalue weighted by atomic mass is 35.5. The van der Waals surface area contributed by atoms with Gasteiger partial charge in [0, 0.05) is 19.9 Å². The summed E-state index contributed by atoms with van der Waals surface area (Å²) in [6.45, 7) is 0.500. The fourth-order valence-electron chi connectivity index (χ4n) is 1.18. The van der Waals surface area contributed by atoms with Gasteiger partial charge in [0.1, 0.15) is 6.07 Å². The number of ether oxygens (including phenoxy) is 2. The molecule has 1 rings (SSSR count). The molecule has 0 amide bonds. The fraction of sp³-hybridized carbons (Fsp3) is 0.364. The van der Waals surface area contributed by atoms with Crippen molar-refractivity contribution < 1.29 is 9.47 Å². The molecule has 4 nitrogen and oxygen atoms in total. The second kappa shape index (κ2) is 6.33. The van der Waals surface area contributed by atoms with E-state index in [4.69, 9.17) is 26.3 Å². The Labute approximate surface area is 99.7 Å². The third kappa shape index (κ3) is 3.38. The number of rotatable bonds is 5. The number of hydrogen-bond acceptors (Lipinski definition) is 4. The molecule has 86 valence electrons. The van der Waals surface area contributed by atoms with E-state index in [1.54, 1.807) is 32.4 Å². The Balaban J connectivity index is 2.65. The van der Waals surface area contributed by atoms with Crippen LogP contribution in [0.3, 0.4) is 0 Å². The average molecular weight is 241 g/mol. The molecule has 0 bridgehead atoms. The van der Waals surface area contributed by atoms with Crippen molar-refractivity contribution in [2.24, 2.45) is 0 Å². The third-order valence-electron chi connectivity index (χ3n) is 2.09. The number of hydrogen-bond donors (Lipinski definition) is 1. The number of halogens is 1. The van der Waals surface area contributed by atoms with E-state index in [0.717, 1.165) is 5.69 Å². The lowest BCUT2D eigenvalue weighted by molar-refractivity contribution is -0.0914. The van der Waals surface area contributed by atoms with E-state index in [0.29, 0.717) is 17.1 Å². The van der Waals surface area contributed by atoms with E-state index in [1.807, 2.05) is 6.07 Å². The summed E-state index contributed by atoms with van der Waals surface area (Å²) in [4.78, 5) is 0. The minimum Gasteiger partial charge on any atom is -0.380 e. The van der Waals surface area contributed by atoms with Gasteiger partial charge < -0.3 is 14.8 Å². The van der Waals surface area contributed by atoms with Gasteiger partial charge in [0.15, 0.2) is 6.29 Å². The van der Waals surface area contributed by atoms with E-state index >= 15 is 0 Å². The highest BCUT2D eigenvalue weighted by Crippen LogP contribution is 2.19. The minimum absolute atomic E-state index is 0.318. The SMILES string of the molecule is COC(CNc1ccc(Cl)c(C#N)c1)OC. The highest BCUT2D eigenvalue weighted by molar-refractivity contribution is 6.31. The van der Waals surface area contributed by atoms with Crippen molar-refractivity contribution in [3.63, 3.8) is 0 Å². The quantitative estimate of drug-likeness (QED) is 0.802. The fourth-order valence-corrected chi connectivity index (χ4v) is 1.34. The van der Waals surface area contributed by atoms with E-state index in [-0.39, 0.29) is 6.29 Å². The van der Waals surface area contributed by atoms with Crippen molar-refractivity contribution in [3.8, 4) is 6.07 Å². The molecule has 0 aliphatic heterocycles. The summed E-state index contributed by atoms with van der Waals surface area (Å²) in [6.07, 6.45) is -0.318. The van der Waals surface area contributed by atoms with Crippen LogP contribution in [0.2, 0.25) is 5.02 Å². The van der Waals surface area contributed by atoms with Gasteiger partial charge in [0.2, 0.25) is 0 Å². The molecule has 0 saturated carbocycles. The van der Waals surface area contributed by atoms with Gasteiger partial charge in [-0.05, 0) is 18.2 Å². The van der Waals surface area contributed by atoms with Gasteiger partial charge in [0.05, 0.1) is 17.1 Å². The standard InChI is InChI=1S/C11H13ClN2O2/c1-15-11(16-2)7-14-9-3-4-10(12)8(5-9)6-13/h3-5,11,14H,7H2,1-2H3. The number of benzene rings is 1. The zero-order valence-electron chi connectivity index (χ0n) is 9.16. The molecule has 0 heterocycles. The molecule has 0 fully saturated rings. The van der Waals surface area contributed by atoms with Crippen LogP contribution in [0.5, 0.6) is 0 Å². The molecule has 0 saturated heterocycles. The maximum absolute atomic E-state index is 8.80. The van der Waals surface area contributed by atoms with Crippen LogP contribution in [0.15, 0.2) is 18.2 Å². The number of methoxy groups -OCH3 is 2. The van der Waals surface area contributed by atoms with Gasteiger partial charge in [-0.25, -0.2) is 0 Å². The topological polar surface area (TPSA) is 54.3 Å². The predicted molar refractivity (Wildman–Crippen MR) is 62.5 cm³/mol. The molecule has 0 radical (unpaired) electrons. The first-order valence-corrected chi connectivity index (χ1v) is 5.08. The molecular weight excluding hydrogens is 228 g/mol. The molecular formula is C11H13ClN2O2. The summed E-state index contributed by atoms with van der Waals surface area (Å²) in [5, 5.41) is 12.3. The molecule has 1 N–H and O–H groups in total. The van der Waals surface area contributed by atoms with Crippen LogP contribution in [0, 0.1) is 11.3 Å². The minimum atomic E-state index is -0.318. The molecule has 0 aromatic heterocycles. The first-order chi connectivity index (χ1) is 7.71. The molecule has 0 atom stereocenters. The predicted octanol–water partition coefficient (Wildman–Crippen LogP) is 2.24. The molecule has 0 unspecified atom stereocenters. The normalized spacial score (nSPS) is 10.2. The zero-order chi connectivity index (χ0) is 12.0. The molecule has 5 heteroatoms. The van der Waals surface area contributed by atoms with Crippen molar-refractivity contribution in [2.45, 2.75) is 6.29 Å². The van der Waals surface area contributed by atoms with Crippen molar-refractivity contribution >= 4 is 17.3 Å². The summed E-state index contributed by atoms with van der Waals surface area (Å²) >= 11 is 5.81. The lowest BCUT2D eigenvalue weighted by Gasteiger charge is -2.15. The number of nitrogens with zero attached hydrogens (tertiary/aromatic N) is 1. The van der Waals surface area contributed by atoms with E-state index in [1.165, 1.54) is 0 Å². The summed E-state index contributed by atoms with van der Waals surface area (Å²) < 4.78 is 10.1. The van der Waals surface area contributed by atoms with Crippen molar-refractivity contribution in [1.29, 1.82) is 5.26 Å². The Morgan fingerprint density at radius 1 is 1.44 bits per heavy atom. The Kier molecular flexibility index (Phi) is 5.06. The van der Waals surface area contributed by atoms with E-state index in [2.05, 4.69) is 5.32 Å². The smallest absolute Gasteiger partial charge is 0.173 e. The van der Waals surface area contributed by atoms with Crippen molar-refractivity contribution in [3.05, 3.63) is 28.8 Å². The van der Waals surface area contributed by atoms with E-state index in [9.17, 15) is 0 Å². The lowest BCUT2D eigenvalue weighted by atomic mass is 10.2. The first-order valence-electron chi connectivity index (χ1n) is 4.70. The van der Waals surface area contributed by atoms with Gasteiger partial charge in [-0.3, -0.25) is 0 Å². The first kappa shape index (κ1) is 12.8. The molecule has 1 aromatic rings. The van der Waals surface area contributed by atoms with Crippen LogP contribution in [0.25, 0.3) is 0 Å². The lowest BCUT2D eigenvalue weighted by Crippen LogP contribution is -2.23. The second-order valence-electron chi connectivity index (χ2n) is 3.09. The summed E-state index contributed by atoms with van der Waals surface area (Å²) in [5.74, 6) is 0. The molecule has 1 aromatic carbocycles. The maximum atomic E-state index is 8.80. The van der Waals surface area contributed by atoms with Crippen molar-refractivity contribution in [2.75, 3.05) is 26.1 Å². The summed E-state index contributed by atoms with van der Waals surface area (Å²) in [7, 11) is 3.14. The zero-order valence-corrected chi connectivity index (χ0v) is 9.91. The van der Waals surface area contributed by atoms with Crippen LogP contribution in [-0.4, -0.2) is 27.1 Å². The summed E-state index contributed by atoms with van der Waals surface area (Å²) in [6, 6.07) is 7.18.